The Morgan fingerprint density at radius 3 is 2.17 bits per heavy atom. The van der Waals surface area contributed by atoms with Crippen LogP contribution in [-0.2, 0) is 22.4 Å². The van der Waals surface area contributed by atoms with Gasteiger partial charge in [0.2, 0.25) is 0 Å². The maximum absolute atomic E-state index is 14.0. The zero-order valence-corrected chi connectivity index (χ0v) is 30.6. The van der Waals surface area contributed by atoms with Gasteiger partial charge < -0.3 is 29.7 Å². The van der Waals surface area contributed by atoms with Crippen LogP contribution in [0.3, 0.4) is 0 Å². The first kappa shape index (κ1) is 34.2. The number of hydrogen-bond acceptors (Lipinski definition) is 6. The lowest BCUT2D eigenvalue weighted by Crippen LogP contribution is -2.54. The number of hydrogen-bond donors (Lipinski definition) is 1. The molecule has 10 nitrogen and oxygen atoms in total. The largest absolute Gasteiger partial charge is 0.436 e. The third kappa shape index (κ3) is 8.14. The summed E-state index contributed by atoms with van der Waals surface area (Å²) in [6.45, 7) is 9.23. The number of halogens is 2. The summed E-state index contributed by atoms with van der Waals surface area (Å²) >= 11 is 7.27. The molecule has 4 amide bonds. The second-order valence-corrected chi connectivity index (χ2v) is 15.1. The van der Waals surface area contributed by atoms with Crippen LogP contribution in [-0.4, -0.2) is 127 Å². The van der Waals surface area contributed by atoms with E-state index < -0.39 is 12.2 Å². The normalized spacial score (nSPS) is 21.2. The van der Waals surface area contributed by atoms with Gasteiger partial charge in [-0.15, -0.1) is 0 Å². The standard InChI is InChI=1S/C35H46Br2N6O4/c1-24-29(36)21-25(22-30(24)37)23-32(33(44)41-12-8-27(9-13-41)40-19-17-39(2)18-20-40)47-35(46)42-14-10-28(11-15-42)43-16-7-26-5-3-4-6-31(26)38-34(43)45/h3-6,21-22,27-28,32H,7-20,23H2,1-2H3,(H,38,45). The molecule has 47 heavy (non-hydrogen) atoms. The Hall–Kier alpha value is -2.67. The molecule has 0 saturated carbocycles. The summed E-state index contributed by atoms with van der Waals surface area (Å²) in [5.41, 5.74) is 3.99. The molecule has 1 unspecified atom stereocenters. The van der Waals surface area contributed by atoms with Crippen LogP contribution in [0.25, 0.3) is 0 Å². The van der Waals surface area contributed by atoms with E-state index in [4.69, 9.17) is 4.74 Å². The zero-order valence-electron chi connectivity index (χ0n) is 27.4. The van der Waals surface area contributed by atoms with E-state index in [1.165, 1.54) is 0 Å². The van der Waals surface area contributed by atoms with E-state index in [0.717, 1.165) is 76.8 Å². The lowest BCUT2D eigenvalue weighted by molar-refractivity contribution is -0.142. The molecule has 0 spiro atoms. The number of benzene rings is 2. The summed E-state index contributed by atoms with van der Waals surface area (Å²) in [6, 6.07) is 12.4. The minimum atomic E-state index is -0.920. The van der Waals surface area contributed by atoms with Gasteiger partial charge in [0.15, 0.2) is 6.10 Å². The number of ether oxygens (including phenoxy) is 1. The Labute approximate surface area is 295 Å². The van der Waals surface area contributed by atoms with Crippen molar-refractivity contribution < 1.29 is 19.1 Å². The highest BCUT2D eigenvalue weighted by atomic mass is 79.9. The van der Waals surface area contributed by atoms with Crippen LogP contribution in [0.15, 0.2) is 45.3 Å². The van der Waals surface area contributed by atoms with Gasteiger partial charge in [-0.3, -0.25) is 9.69 Å². The Kier molecular flexibility index (Phi) is 11.1. The van der Waals surface area contributed by atoms with Crippen LogP contribution < -0.4 is 5.32 Å². The number of piperazine rings is 1. The van der Waals surface area contributed by atoms with Gasteiger partial charge in [0.25, 0.3) is 5.91 Å². The van der Waals surface area contributed by atoms with Crippen LogP contribution in [0.5, 0.6) is 0 Å². The number of carbonyl (C=O) groups excluding carboxylic acids is 3. The third-order valence-corrected chi connectivity index (χ3v) is 12.1. The molecule has 0 aromatic heterocycles. The number of nitrogens with one attached hydrogen (secondary N) is 1. The van der Waals surface area contributed by atoms with E-state index in [0.29, 0.717) is 58.0 Å². The molecule has 0 radical (unpaired) electrons. The maximum atomic E-state index is 14.0. The van der Waals surface area contributed by atoms with Gasteiger partial charge in [0.1, 0.15) is 0 Å². The summed E-state index contributed by atoms with van der Waals surface area (Å²) in [7, 11) is 2.17. The van der Waals surface area contributed by atoms with Crippen LogP contribution in [0.1, 0.15) is 42.4 Å². The summed E-state index contributed by atoms with van der Waals surface area (Å²) in [6.07, 6.45) is 2.89. The fourth-order valence-corrected chi connectivity index (χ4v) is 8.63. The number of piperidine rings is 2. The van der Waals surface area contributed by atoms with Crippen molar-refractivity contribution in [2.24, 2.45) is 0 Å². The third-order valence-electron chi connectivity index (χ3n) is 10.4. The summed E-state index contributed by atoms with van der Waals surface area (Å²) in [5, 5.41) is 3.06. The maximum Gasteiger partial charge on any atom is 0.410 e. The number of para-hydroxylation sites is 1. The molecule has 3 fully saturated rings. The molecule has 0 aliphatic carbocycles. The first-order valence-electron chi connectivity index (χ1n) is 16.9. The molecule has 0 bridgehead atoms. The van der Waals surface area contributed by atoms with Crippen molar-refractivity contribution in [3.63, 3.8) is 0 Å². The van der Waals surface area contributed by atoms with E-state index in [2.05, 4.69) is 60.1 Å². The van der Waals surface area contributed by atoms with Gasteiger partial charge in [-0.05, 0) is 81.0 Å². The Morgan fingerprint density at radius 1 is 0.872 bits per heavy atom. The molecule has 6 rings (SSSR count). The van der Waals surface area contributed by atoms with Crippen molar-refractivity contribution in [1.82, 2.24) is 24.5 Å². The Balaban J connectivity index is 1.08. The lowest BCUT2D eigenvalue weighted by Gasteiger charge is -2.42. The van der Waals surface area contributed by atoms with Gasteiger partial charge in [0.05, 0.1) is 0 Å². The predicted molar refractivity (Wildman–Crippen MR) is 190 cm³/mol. The van der Waals surface area contributed by atoms with Crippen molar-refractivity contribution >= 4 is 55.6 Å². The van der Waals surface area contributed by atoms with Crippen molar-refractivity contribution in [1.29, 1.82) is 0 Å². The number of carbonyl (C=O) groups is 3. The molecule has 1 atom stereocenters. The Bertz CT molecular complexity index is 1430. The quantitative estimate of drug-likeness (QED) is 0.426. The smallest absolute Gasteiger partial charge is 0.410 e. The van der Waals surface area contributed by atoms with Gasteiger partial charge in [-0.1, -0.05) is 50.1 Å². The highest BCUT2D eigenvalue weighted by molar-refractivity contribution is 9.11. The van der Waals surface area contributed by atoms with E-state index >= 15 is 0 Å². The van der Waals surface area contributed by atoms with Crippen molar-refractivity contribution in [2.75, 3.05) is 71.3 Å². The Morgan fingerprint density at radius 2 is 1.49 bits per heavy atom. The minimum Gasteiger partial charge on any atom is -0.436 e. The van der Waals surface area contributed by atoms with E-state index in [1.54, 1.807) is 4.90 Å². The van der Waals surface area contributed by atoms with Gasteiger partial charge >= 0.3 is 12.1 Å². The number of fused-ring (bicyclic) bond motifs is 1. The monoisotopic (exact) mass is 772 g/mol. The molecular weight excluding hydrogens is 728 g/mol. The summed E-state index contributed by atoms with van der Waals surface area (Å²) < 4.78 is 7.97. The van der Waals surface area contributed by atoms with E-state index in [-0.39, 0.29) is 18.0 Å². The van der Waals surface area contributed by atoms with Gasteiger partial charge in [-0.2, -0.15) is 0 Å². The summed E-state index contributed by atoms with van der Waals surface area (Å²) in [4.78, 5) is 51.2. The molecular formula is C35H46Br2N6O4. The number of likely N-dealkylation sites (tertiary alicyclic amines) is 2. The van der Waals surface area contributed by atoms with Crippen LogP contribution in [0, 0.1) is 6.92 Å². The van der Waals surface area contributed by atoms with Crippen LogP contribution in [0.2, 0.25) is 0 Å². The average Bonchev–Trinajstić information content (AvgIpc) is 3.25. The second kappa shape index (κ2) is 15.3. The lowest BCUT2D eigenvalue weighted by atomic mass is 10.00. The SMILES string of the molecule is Cc1c(Br)cc(CC(OC(=O)N2CCC(N3CCc4ccccc4NC3=O)CC2)C(=O)N2CCC(N3CCN(C)CC3)CC2)cc1Br. The molecule has 2 aromatic rings. The second-order valence-electron chi connectivity index (χ2n) is 13.4. The molecule has 4 aliphatic rings. The van der Waals surface area contributed by atoms with Crippen molar-refractivity contribution in [3.05, 3.63) is 62.0 Å². The minimum absolute atomic E-state index is 0.0367. The molecule has 3 saturated heterocycles. The van der Waals surface area contributed by atoms with Gasteiger partial charge in [0, 0.05) is 92.0 Å². The average molecular weight is 775 g/mol. The number of nitrogens with zero attached hydrogens (tertiary/aromatic N) is 5. The highest BCUT2D eigenvalue weighted by Crippen LogP contribution is 2.29. The summed E-state index contributed by atoms with van der Waals surface area (Å²) in [5.74, 6) is -0.126. The van der Waals surface area contributed by atoms with E-state index in [9.17, 15) is 14.4 Å². The molecule has 254 valence electrons. The molecule has 4 aliphatic heterocycles. The number of urea groups is 1. The first-order valence-corrected chi connectivity index (χ1v) is 18.5. The van der Waals surface area contributed by atoms with E-state index in [1.807, 2.05) is 47.1 Å². The van der Waals surface area contributed by atoms with Crippen molar-refractivity contribution in [2.45, 2.75) is 63.6 Å². The highest BCUT2D eigenvalue weighted by Gasteiger charge is 2.36. The molecule has 12 heteroatoms. The topological polar surface area (TPSA) is 88.7 Å². The number of likely N-dealkylation sites (N-methyl/N-ethyl adjacent to an activating group) is 1. The van der Waals surface area contributed by atoms with Crippen molar-refractivity contribution in [3.8, 4) is 0 Å². The number of anilines is 1. The van der Waals surface area contributed by atoms with Gasteiger partial charge in [-0.25, -0.2) is 9.59 Å². The predicted octanol–water partition coefficient (Wildman–Crippen LogP) is 5.36. The molecule has 1 N–H and O–H groups in total. The van der Waals surface area contributed by atoms with Crippen LogP contribution >= 0.6 is 31.9 Å². The number of rotatable bonds is 6. The molecule has 4 heterocycles. The number of amides is 4. The van der Waals surface area contributed by atoms with Crippen LogP contribution in [0.4, 0.5) is 15.3 Å². The fourth-order valence-electron chi connectivity index (χ4n) is 7.35. The zero-order chi connectivity index (χ0) is 33.1. The molecule has 2 aromatic carbocycles. The fraction of sp³-hybridized carbons (Fsp3) is 0.571. The first-order chi connectivity index (χ1) is 22.7.